The molecule has 3 saturated heterocycles. The Morgan fingerprint density at radius 2 is 1.70 bits per heavy atom. The van der Waals surface area contributed by atoms with Gasteiger partial charge in [0.15, 0.2) is 12.1 Å². The summed E-state index contributed by atoms with van der Waals surface area (Å²) in [5.41, 5.74) is 1.56. The van der Waals surface area contributed by atoms with E-state index in [2.05, 4.69) is 0 Å². The highest BCUT2D eigenvalue weighted by molar-refractivity contribution is 7.86. The Hall–Kier alpha value is -1.04. The van der Waals surface area contributed by atoms with Gasteiger partial charge < -0.3 is 9.47 Å². The van der Waals surface area contributed by atoms with E-state index in [9.17, 15) is 9.00 Å². The van der Waals surface area contributed by atoms with Crippen LogP contribution < -0.4 is 0 Å². The van der Waals surface area contributed by atoms with Crippen molar-refractivity contribution >= 4 is 16.6 Å². The molecule has 0 amide bonds. The van der Waals surface area contributed by atoms with E-state index in [0.29, 0.717) is 13.2 Å². The normalized spacial score (nSPS) is 34.4. The molecule has 2 atom stereocenters. The highest BCUT2D eigenvalue weighted by atomic mass is 32.2. The average molecular weight is 334 g/mol. The third-order valence-corrected chi connectivity index (χ3v) is 7.45. The van der Waals surface area contributed by atoms with Crippen LogP contribution in [-0.4, -0.2) is 33.7 Å². The number of fused-ring (bicyclic) bond motifs is 2. The van der Waals surface area contributed by atoms with Crippen LogP contribution in [-0.2, 0) is 20.3 Å². The number of carbonyl (C=O) groups excluding carboxylic acids is 1. The molecule has 0 spiro atoms. The molecule has 1 aromatic rings. The van der Waals surface area contributed by atoms with Crippen LogP contribution in [0.3, 0.4) is 0 Å². The lowest BCUT2D eigenvalue weighted by Crippen LogP contribution is -2.41. The number of benzene rings is 1. The minimum atomic E-state index is -0.739. The third-order valence-electron chi connectivity index (χ3n) is 5.28. The molecule has 4 rings (SSSR count). The Balaban J connectivity index is 1.59. The van der Waals surface area contributed by atoms with Crippen molar-refractivity contribution in [2.24, 2.45) is 5.92 Å². The molecule has 124 valence electrons. The summed E-state index contributed by atoms with van der Waals surface area (Å²) in [5, 5.41) is 0.421. The summed E-state index contributed by atoms with van der Waals surface area (Å²) in [6.07, 6.45) is 4.27. The molecule has 3 fully saturated rings. The summed E-state index contributed by atoms with van der Waals surface area (Å²) < 4.78 is 23.5. The van der Waals surface area contributed by atoms with Gasteiger partial charge in [-0.15, -0.1) is 0 Å². The minimum absolute atomic E-state index is 0.00875. The molecule has 23 heavy (non-hydrogen) atoms. The maximum absolute atomic E-state index is 13.1. The third kappa shape index (κ3) is 2.90. The summed E-state index contributed by atoms with van der Waals surface area (Å²) >= 11 is 0. The molecule has 5 heteroatoms. The number of hydrogen-bond acceptors (Lipinski definition) is 4. The lowest BCUT2D eigenvalue weighted by atomic mass is 9.83. The second kappa shape index (κ2) is 6.46. The van der Waals surface area contributed by atoms with Gasteiger partial charge in [0.2, 0.25) is 0 Å². The summed E-state index contributed by atoms with van der Waals surface area (Å²) in [6, 6.07) is 7.62. The van der Waals surface area contributed by atoms with E-state index < -0.39 is 17.1 Å². The number of Topliss-reactive ketones (excluding diaryl/α,β-unsaturated/α-hetero) is 1. The van der Waals surface area contributed by atoms with E-state index in [1.807, 2.05) is 24.3 Å². The van der Waals surface area contributed by atoms with Gasteiger partial charge >= 0.3 is 0 Å². The smallest absolute Gasteiger partial charge is 0.184 e. The minimum Gasteiger partial charge on any atom is -0.346 e. The predicted octanol–water partition coefficient (Wildman–Crippen LogP) is 2.99. The van der Waals surface area contributed by atoms with Crippen LogP contribution in [0.4, 0.5) is 0 Å². The molecule has 1 aromatic carbocycles. The first-order valence-electron chi connectivity index (χ1n) is 8.50. The first-order valence-corrected chi connectivity index (χ1v) is 9.77. The van der Waals surface area contributed by atoms with Gasteiger partial charge in [0, 0.05) is 38.3 Å². The van der Waals surface area contributed by atoms with Gasteiger partial charge in [0.25, 0.3) is 0 Å². The first kappa shape index (κ1) is 15.5. The van der Waals surface area contributed by atoms with Crippen molar-refractivity contribution in [2.45, 2.75) is 48.9 Å². The molecule has 0 saturated carbocycles. The van der Waals surface area contributed by atoms with Crippen LogP contribution in [0.5, 0.6) is 0 Å². The molecular weight excluding hydrogens is 312 g/mol. The standard InChI is InChI=1S/C18H22O4S/c19-17(12-10-13-4-3-5-14(11-12)23(13)20)15-6-1-2-7-16(15)18-21-8-9-22-18/h1-2,6-7,12-14,18H,3-5,8-11H2. The van der Waals surface area contributed by atoms with Crippen molar-refractivity contribution in [1.29, 1.82) is 0 Å². The van der Waals surface area contributed by atoms with Crippen LogP contribution >= 0.6 is 0 Å². The molecule has 4 nitrogen and oxygen atoms in total. The zero-order valence-electron chi connectivity index (χ0n) is 13.1. The fourth-order valence-corrected chi connectivity index (χ4v) is 6.32. The monoisotopic (exact) mass is 334 g/mol. The van der Waals surface area contributed by atoms with Crippen molar-refractivity contribution in [3.05, 3.63) is 35.4 Å². The fourth-order valence-electron chi connectivity index (χ4n) is 4.13. The van der Waals surface area contributed by atoms with Crippen LogP contribution in [0.2, 0.25) is 0 Å². The molecule has 0 N–H and O–H groups in total. The molecule has 3 aliphatic heterocycles. The molecule has 0 aliphatic carbocycles. The molecule has 2 bridgehead atoms. The van der Waals surface area contributed by atoms with E-state index in [1.165, 1.54) is 0 Å². The molecule has 0 aromatic heterocycles. The maximum atomic E-state index is 13.1. The van der Waals surface area contributed by atoms with Crippen LogP contribution in [0.15, 0.2) is 24.3 Å². The number of ether oxygens (including phenoxy) is 2. The lowest BCUT2D eigenvalue weighted by Gasteiger charge is -2.37. The van der Waals surface area contributed by atoms with E-state index in [4.69, 9.17) is 9.47 Å². The van der Waals surface area contributed by atoms with Crippen molar-refractivity contribution < 1.29 is 18.5 Å². The Kier molecular flexibility index (Phi) is 4.35. The molecule has 3 aliphatic rings. The van der Waals surface area contributed by atoms with Gasteiger partial charge in [-0.2, -0.15) is 0 Å². The number of rotatable bonds is 3. The highest BCUT2D eigenvalue weighted by Gasteiger charge is 2.41. The van der Waals surface area contributed by atoms with Crippen LogP contribution in [0, 0.1) is 5.92 Å². The van der Waals surface area contributed by atoms with Gasteiger partial charge in [-0.3, -0.25) is 9.00 Å². The van der Waals surface area contributed by atoms with Crippen molar-refractivity contribution in [1.82, 2.24) is 0 Å². The zero-order chi connectivity index (χ0) is 15.8. The van der Waals surface area contributed by atoms with E-state index in [-0.39, 0.29) is 22.2 Å². The van der Waals surface area contributed by atoms with Gasteiger partial charge in [0.1, 0.15) is 0 Å². The topological polar surface area (TPSA) is 52.6 Å². The van der Waals surface area contributed by atoms with E-state index >= 15 is 0 Å². The molecule has 2 unspecified atom stereocenters. The van der Waals surface area contributed by atoms with Gasteiger partial charge in [-0.05, 0) is 25.7 Å². The largest absolute Gasteiger partial charge is 0.346 e. The van der Waals surface area contributed by atoms with Crippen LogP contribution in [0.25, 0.3) is 0 Å². The fraction of sp³-hybridized carbons (Fsp3) is 0.611. The van der Waals surface area contributed by atoms with Crippen molar-refractivity contribution in [2.75, 3.05) is 13.2 Å². The SMILES string of the molecule is O=C(c1ccccc1C1OCCO1)C1CC2CCCC(C1)S2=O. The summed E-state index contributed by atoms with van der Waals surface area (Å²) in [6.45, 7) is 1.14. The molecule has 3 heterocycles. The number of hydrogen-bond donors (Lipinski definition) is 0. The second-order valence-electron chi connectivity index (χ2n) is 6.70. The summed E-state index contributed by atoms with van der Waals surface area (Å²) in [4.78, 5) is 13.1. The number of ketones is 1. The predicted molar refractivity (Wildman–Crippen MR) is 87.7 cm³/mol. The van der Waals surface area contributed by atoms with Gasteiger partial charge in [-0.1, -0.05) is 30.7 Å². The first-order chi connectivity index (χ1) is 11.2. The number of carbonyl (C=O) groups is 1. The summed E-state index contributed by atoms with van der Waals surface area (Å²) in [5.74, 6) is 0.166. The van der Waals surface area contributed by atoms with Gasteiger partial charge in [0.05, 0.1) is 13.2 Å². The van der Waals surface area contributed by atoms with Crippen LogP contribution in [0.1, 0.15) is 54.3 Å². The Morgan fingerprint density at radius 3 is 2.39 bits per heavy atom. The Bertz CT molecular complexity index is 607. The van der Waals surface area contributed by atoms with E-state index in [0.717, 1.165) is 43.2 Å². The Labute approximate surface area is 139 Å². The average Bonchev–Trinajstić information content (AvgIpc) is 3.08. The lowest BCUT2D eigenvalue weighted by molar-refractivity contribution is -0.0445. The maximum Gasteiger partial charge on any atom is 0.184 e. The Morgan fingerprint density at radius 1 is 1.04 bits per heavy atom. The quantitative estimate of drug-likeness (QED) is 0.798. The van der Waals surface area contributed by atoms with Crippen molar-refractivity contribution in [3.8, 4) is 0 Å². The molecular formula is C18H22O4S. The highest BCUT2D eigenvalue weighted by Crippen LogP contribution is 2.39. The molecule has 0 radical (unpaired) electrons. The summed E-state index contributed by atoms with van der Waals surface area (Å²) in [7, 11) is -0.739. The second-order valence-corrected chi connectivity index (χ2v) is 8.69. The van der Waals surface area contributed by atoms with E-state index in [1.54, 1.807) is 0 Å². The zero-order valence-corrected chi connectivity index (χ0v) is 13.9. The van der Waals surface area contributed by atoms with Crippen molar-refractivity contribution in [3.63, 3.8) is 0 Å². The van der Waals surface area contributed by atoms with Gasteiger partial charge in [-0.25, -0.2) is 0 Å².